The standard InChI is InChI=1S/C13H17NO9/c15-5-8(16)9(17)10(18)13(23,12(21)22)14-7-4-2-1-3-6(7)11(19)20/h1-4,8-10,14-18,23H,5H2,(H,19,20)(H,21,22)/t8-,9-,10+,13+/m1/s1. The van der Waals surface area contributed by atoms with Gasteiger partial charge in [-0.15, -0.1) is 0 Å². The summed E-state index contributed by atoms with van der Waals surface area (Å²) >= 11 is 0. The van der Waals surface area contributed by atoms with Crippen molar-refractivity contribution in [1.82, 2.24) is 0 Å². The molecule has 1 rings (SSSR count). The average Bonchev–Trinajstić information content (AvgIpc) is 2.52. The summed E-state index contributed by atoms with van der Waals surface area (Å²) in [6, 6.07) is 4.97. The Morgan fingerprint density at radius 1 is 1.13 bits per heavy atom. The highest BCUT2D eigenvalue weighted by molar-refractivity contribution is 5.95. The molecule has 1 aromatic carbocycles. The number of para-hydroxylation sites is 1. The minimum Gasteiger partial charge on any atom is -0.478 e. The zero-order chi connectivity index (χ0) is 17.8. The van der Waals surface area contributed by atoms with E-state index in [1.54, 1.807) is 0 Å². The molecule has 4 atom stereocenters. The van der Waals surface area contributed by atoms with Crippen LogP contribution in [0, 0.1) is 0 Å². The van der Waals surface area contributed by atoms with Crippen LogP contribution < -0.4 is 5.32 Å². The first kappa shape index (κ1) is 18.8. The van der Waals surface area contributed by atoms with Crippen LogP contribution in [0.3, 0.4) is 0 Å². The van der Waals surface area contributed by atoms with Crippen molar-refractivity contribution in [2.24, 2.45) is 0 Å². The lowest BCUT2D eigenvalue weighted by molar-refractivity contribution is -0.184. The van der Waals surface area contributed by atoms with Gasteiger partial charge in [0, 0.05) is 0 Å². The van der Waals surface area contributed by atoms with Crippen LogP contribution in [0.25, 0.3) is 0 Å². The molecule has 1 aromatic rings. The van der Waals surface area contributed by atoms with Gasteiger partial charge in [0.05, 0.1) is 17.9 Å². The zero-order valence-corrected chi connectivity index (χ0v) is 11.7. The van der Waals surface area contributed by atoms with Crippen LogP contribution in [0.5, 0.6) is 0 Å². The predicted molar refractivity (Wildman–Crippen MR) is 74.7 cm³/mol. The Labute approximate surface area is 129 Å². The van der Waals surface area contributed by atoms with E-state index in [-0.39, 0.29) is 5.69 Å². The molecule has 0 saturated heterocycles. The molecule has 0 aliphatic rings. The van der Waals surface area contributed by atoms with Gasteiger partial charge in [0.15, 0.2) is 0 Å². The van der Waals surface area contributed by atoms with Crippen LogP contribution in [0.15, 0.2) is 24.3 Å². The van der Waals surface area contributed by atoms with E-state index in [2.05, 4.69) is 0 Å². The van der Waals surface area contributed by atoms with Crippen LogP contribution in [0.4, 0.5) is 5.69 Å². The van der Waals surface area contributed by atoms with Crippen molar-refractivity contribution in [2.75, 3.05) is 11.9 Å². The van der Waals surface area contributed by atoms with Gasteiger partial charge in [-0.25, -0.2) is 9.59 Å². The van der Waals surface area contributed by atoms with E-state index in [4.69, 9.17) is 15.3 Å². The van der Waals surface area contributed by atoms with Gasteiger partial charge in [0.25, 0.3) is 5.72 Å². The van der Waals surface area contributed by atoms with E-state index in [1.807, 2.05) is 5.32 Å². The summed E-state index contributed by atoms with van der Waals surface area (Å²) in [5.41, 5.74) is -3.95. The van der Waals surface area contributed by atoms with Crippen LogP contribution in [-0.4, -0.2) is 78.3 Å². The Morgan fingerprint density at radius 2 is 1.70 bits per heavy atom. The topological polar surface area (TPSA) is 188 Å². The summed E-state index contributed by atoms with van der Waals surface area (Å²) in [5.74, 6) is -3.46. The van der Waals surface area contributed by atoms with Gasteiger partial charge in [0.2, 0.25) is 0 Å². The van der Waals surface area contributed by atoms with Crippen LogP contribution in [-0.2, 0) is 4.79 Å². The van der Waals surface area contributed by atoms with Gasteiger partial charge >= 0.3 is 11.9 Å². The first-order valence-electron chi connectivity index (χ1n) is 6.36. The predicted octanol–water partition coefficient (Wildman–Crippen LogP) is -2.36. The third-order valence-corrected chi connectivity index (χ3v) is 3.14. The summed E-state index contributed by atoms with van der Waals surface area (Å²) in [4.78, 5) is 22.4. The number of anilines is 1. The lowest BCUT2D eigenvalue weighted by atomic mass is 9.96. The molecule has 10 nitrogen and oxygen atoms in total. The SMILES string of the molecule is O=C(O)c1ccccc1N[C@@](O)(C(=O)O)[C@@H](O)[C@H](O)[C@H](O)CO. The molecule has 0 heterocycles. The monoisotopic (exact) mass is 331 g/mol. The number of hydrogen-bond acceptors (Lipinski definition) is 8. The number of hydrogen-bond donors (Lipinski definition) is 8. The molecular formula is C13H17NO9. The van der Waals surface area contributed by atoms with Crippen molar-refractivity contribution >= 4 is 17.6 Å². The van der Waals surface area contributed by atoms with Crippen molar-refractivity contribution in [1.29, 1.82) is 0 Å². The number of aliphatic carboxylic acids is 1. The number of benzene rings is 1. The Hall–Kier alpha value is -2.24. The van der Waals surface area contributed by atoms with Crippen molar-refractivity contribution in [3.05, 3.63) is 29.8 Å². The minimum atomic E-state index is -3.22. The number of rotatable bonds is 8. The molecule has 0 spiro atoms. The molecule has 0 aromatic heterocycles. The maximum atomic E-state index is 11.3. The highest BCUT2D eigenvalue weighted by Crippen LogP contribution is 2.23. The second-order valence-electron chi connectivity index (χ2n) is 4.73. The van der Waals surface area contributed by atoms with Crippen molar-refractivity contribution in [3.63, 3.8) is 0 Å². The highest BCUT2D eigenvalue weighted by Gasteiger charge is 2.49. The maximum Gasteiger partial charge on any atom is 0.360 e. The van der Waals surface area contributed by atoms with Gasteiger partial charge in [-0.3, -0.25) is 0 Å². The Kier molecular flexibility index (Phi) is 6.01. The quantitative estimate of drug-likeness (QED) is 0.239. The number of carbonyl (C=O) groups is 2. The zero-order valence-electron chi connectivity index (χ0n) is 11.7. The first-order chi connectivity index (χ1) is 10.6. The Morgan fingerprint density at radius 3 is 2.17 bits per heavy atom. The molecule has 0 unspecified atom stereocenters. The molecule has 0 aliphatic heterocycles. The molecule has 0 fully saturated rings. The number of aliphatic hydroxyl groups excluding tert-OH is 4. The van der Waals surface area contributed by atoms with Crippen LogP contribution in [0.2, 0.25) is 0 Å². The second kappa shape index (κ2) is 7.35. The highest BCUT2D eigenvalue weighted by atomic mass is 16.4. The van der Waals surface area contributed by atoms with Gasteiger partial charge < -0.3 is 41.1 Å². The van der Waals surface area contributed by atoms with Crippen LogP contribution >= 0.6 is 0 Å². The number of carboxylic acids is 2. The van der Waals surface area contributed by atoms with Crippen LogP contribution in [0.1, 0.15) is 10.4 Å². The molecule has 0 aliphatic carbocycles. The first-order valence-corrected chi connectivity index (χ1v) is 6.36. The van der Waals surface area contributed by atoms with Gasteiger partial charge in [-0.05, 0) is 12.1 Å². The largest absolute Gasteiger partial charge is 0.478 e. The van der Waals surface area contributed by atoms with Crippen molar-refractivity contribution in [3.8, 4) is 0 Å². The summed E-state index contributed by atoms with van der Waals surface area (Å²) in [6.07, 6.45) is -6.62. The summed E-state index contributed by atoms with van der Waals surface area (Å²) < 4.78 is 0. The van der Waals surface area contributed by atoms with E-state index >= 15 is 0 Å². The maximum absolute atomic E-state index is 11.3. The third-order valence-electron chi connectivity index (χ3n) is 3.14. The molecule has 0 bridgehead atoms. The van der Waals surface area contributed by atoms with E-state index in [0.717, 1.165) is 12.1 Å². The van der Waals surface area contributed by atoms with Crippen molar-refractivity contribution < 1.29 is 45.3 Å². The van der Waals surface area contributed by atoms with Gasteiger partial charge in [-0.2, -0.15) is 0 Å². The fourth-order valence-corrected chi connectivity index (χ4v) is 1.80. The molecule has 8 N–H and O–H groups in total. The number of aliphatic hydroxyl groups is 5. The Bertz CT molecular complexity index is 578. The van der Waals surface area contributed by atoms with Gasteiger partial charge in [0.1, 0.15) is 18.3 Å². The molecule has 0 saturated carbocycles. The normalized spacial score (nSPS) is 17.6. The smallest absolute Gasteiger partial charge is 0.360 e. The molecule has 23 heavy (non-hydrogen) atoms. The molecule has 10 heteroatoms. The minimum absolute atomic E-state index is 0.338. The fourth-order valence-electron chi connectivity index (χ4n) is 1.80. The number of aromatic carboxylic acids is 1. The summed E-state index contributed by atoms with van der Waals surface area (Å²) in [5, 5.41) is 67.6. The molecule has 0 radical (unpaired) electrons. The van der Waals surface area contributed by atoms with E-state index in [0.29, 0.717) is 0 Å². The Balaban J connectivity index is 3.21. The molecule has 128 valence electrons. The van der Waals surface area contributed by atoms with Gasteiger partial charge in [-0.1, -0.05) is 12.1 Å². The molecular weight excluding hydrogens is 314 g/mol. The van der Waals surface area contributed by atoms with Crippen molar-refractivity contribution in [2.45, 2.75) is 24.0 Å². The number of nitrogens with one attached hydrogen (secondary N) is 1. The lowest BCUT2D eigenvalue weighted by Crippen LogP contribution is -2.62. The summed E-state index contributed by atoms with van der Waals surface area (Å²) in [7, 11) is 0. The molecule has 0 amide bonds. The third kappa shape index (κ3) is 3.94. The van der Waals surface area contributed by atoms with E-state index < -0.39 is 48.1 Å². The second-order valence-corrected chi connectivity index (χ2v) is 4.73. The lowest BCUT2D eigenvalue weighted by Gasteiger charge is -2.34. The summed E-state index contributed by atoms with van der Waals surface area (Å²) in [6.45, 7) is -1.00. The average molecular weight is 331 g/mol. The fraction of sp³-hybridized carbons (Fsp3) is 0.385. The number of carboxylic acid groups (broad SMARTS) is 2. The van der Waals surface area contributed by atoms with E-state index in [9.17, 15) is 30.0 Å². The van der Waals surface area contributed by atoms with E-state index in [1.165, 1.54) is 12.1 Å².